The Morgan fingerprint density at radius 2 is 0.921 bits per heavy atom. The van der Waals surface area contributed by atoms with Gasteiger partial charge in [0.1, 0.15) is 0 Å². The standard InChI is InChI=1S/C32H34O6/c1-3-5-7-9-19-25(33)37-31-23-17-13-11-15-21(23)30(36)28-27(31)29(35)22-16-12-14-18-24(22)32(28)38-26(34)20-10-8-6-4-2/h11-18H,3-10,19-20H2,1-2H3. The van der Waals surface area contributed by atoms with Gasteiger partial charge in [0.25, 0.3) is 0 Å². The molecule has 0 atom stereocenters. The van der Waals surface area contributed by atoms with Crippen LogP contribution in [0.1, 0.15) is 110 Å². The van der Waals surface area contributed by atoms with E-state index in [0.29, 0.717) is 35.1 Å². The fraction of sp³-hybridized carbons (Fsp3) is 0.375. The highest BCUT2D eigenvalue weighted by Crippen LogP contribution is 2.45. The first-order valence-electron chi connectivity index (χ1n) is 13.7. The van der Waals surface area contributed by atoms with Crippen LogP contribution in [0.2, 0.25) is 0 Å². The summed E-state index contributed by atoms with van der Waals surface area (Å²) in [7, 11) is 0. The van der Waals surface area contributed by atoms with E-state index in [1.54, 1.807) is 48.5 Å². The number of hydrogen-bond acceptors (Lipinski definition) is 6. The number of esters is 2. The van der Waals surface area contributed by atoms with Crippen molar-refractivity contribution in [3.05, 3.63) is 81.9 Å². The third-order valence-corrected chi connectivity index (χ3v) is 6.89. The molecule has 0 saturated carbocycles. The van der Waals surface area contributed by atoms with E-state index in [1.165, 1.54) is 0 Å². The second kappa shape index (κ2) is 12.6. The minimum absolute atomic E-state index is 0.0249. The number of benzene rings is 2. The molecule has 0 heterocycles. The Kier molecular flexibility index (Phi) is 9.06. The average Bonchev–Trinajstić information content (AvgIpc) is 2.93. The fourth-order valence-corrected chi connectivity index (χ4v) is 4.89. The Bertz CT molecular complexity index is 1210. The van der Waals surface area contributed by atoms with Crippen molar-refractivity contribution in [1.29, 1.82) is 0 Å². The number of hydrogen-bond donors (Lipinski definition) is 0. The molecule has 0 radical (unpaired) electrons. The van der Waals surface area contributed by atoms with Gasteiger partial charge in [-0.1, -0.05) is 101 Å². The van der Waals surface area contributed by atoms with E-state index >= 15 is 0 Å². The molecule has 0 aliphatic heterocycles. The van der Waals surface area contributed by atoms with Gasteiger partial charge in [-0.25, -0.2) is 0 Å². The van der Waals surface area contributed by atoms with Crippen molar-refractivity contribution in [2.75, 3.05) is 0 Å². The largest absolute Gasteiger partial charge is 0.425 e. The van der Waals surface area contributed by atoms with Gasteiger partial charge in [0.15, 0.2) is 23.1 Å². The van der Waals surface area contributed by atoms with Crippen molar-refractivity contribution in [2.24, 2.45) is 0 Å². The van der Waals surface area contributed by atoms with Crippen molar-refractivity contribution in [2.45, 2.75) is 78.1 Å². The number of fused-ring (bicyclic) bond motifs is 3. The molecule has 0 fully saturated rings. The van der Waals surface area contributed by atoms with Crippen LogP contribution in [0.3, 0.4) is 0 Å². The fourth-order valence-electron chi connectivity index (χ4n) is 4.89. The lowest BCUT2D eigenvalue weighted by Crippen LogP contribution is -2.28. The molecule has 0 amide bonds. The summed E-state index contributed by atoms with van der Waals surface area (Å²) in [5.41, 5.74) is 1.31. The highest BCUT2D eigenvalue weighted by Gasteiger charge is 2.43. The summed E-state index contributed by atoms with van der Waals surface area (Å²) >= 11 is 0. The third kappa shape index (κ3) is 5.69. The third-order valence-electron chi connectivity index (χ3n) is 6.89. The lowest BCUT2D eigenvalue weighted by atomic mass is 9.76. The molecule has 2 aromatic rings. The number of unbranched alkanes of at least 4 members (excludes halogenated alkanes) is 6. The summed E-state index contributed by atoms with van der Waals surface area (Å²) in [6, 6.07) is 13.5. The van der Waals surface area contributed by atoms with E-state index in [9.17, 15) is 19.2 Å². The number of rotatable bonds is 12. The molecule has 2 aliphatic carbocycles. The Balaban J connectivity index is 1.80. The van der Waals surface area contributed by atoms with Crippen LogP contribution >= 0.6 is 0 Å². The van der Waals surface area contributed by atoms with Crippen LogP contribution < -0.4 is 0 Å². The van der Waals surface area contributed by atoms with Gasteiger partial charge in [-0.15, -0.1) is 0 Å². The molecule has 0 aromatic heterocycles. The lowest BCUT2D eigenvalue weighted by Gasteiger charge is -2.29. The van der Waals surface area contributed by atoms with Crippen LogP contribution in [-0.4, -0.2) is 23.5 Å². The molecule has 198 valence electrons. The quantitative estimate of drug-likeness (QED) is 0.219. The second-order valence-electron chi connectivity index (χ2n) is 9.73. The van der Waals surface area contributed by atoms with Crippen molar-refractivity contribution in [1.82, 2.24) is 0 Å². The van der Waals surface area contributed by atoms with Crippen LogP contribution in [0, 0.1) is 0 Å². The maximum atomic E-state index is 13.8. The van der Waals surface area contributed by atoms with E-state index in [0.717, 1.165) is 38.5 Å². The SMILES string of the molecule is CCCCCCC(=O)OC1=C2C(=O)c3ccccc3C(OC(=O)CCCCCC)=C2C(=O)c2ccccc21. The van der Waals surface area contributed by atoms with E-state index in [1.807, 2.05) is 0 Å². The van der Waals surface area contributed by atoms with Gasteiger partial charge in [0.2, 0.25) is 0 Å². The number of ether oxygens (including phenoxy) is 2. The zero-order valence-corrected chi connectivity index (χ0v) is 22.1. The van der Waals surface area contributed by atoms with Crippen molar-refractivity contribution < 1.29 is 28.7 Å². The number of carbonyl (C=O) groups is 4. The van der Waals surface area contributed by atoms with Crippen LogP contribution in [-0.2, 0) is 19.1 Å². The van der Waals surface area contributed by atoms with Crippen LogP contribution in [0.25, 0.3) is 11.5 Å². The monoisotopic (exact) mass is 514 g/mol. The van der Waals surface area contributed by atoms with Gasteiger partial charge < -0.3 is 9.47 Å². The first-order valence-corrected chi connectivity index (χ1v) is 13.7. The summed E-state index contributed by atoms with van der Waals surface area (Å²) < 4.78 is 11.7. The molecule has 0 saturated heterocycles. The first-order chi connectivity index (χ1) is 18.5. The average molecular weight is 515 g/mol. The highest BCUT2D eigenvalue weighted by molar-refractivity contribution is 6.34. The minimum atomic E-state index is -0.465. The predicted molar refractivity (Wildman–Crippen MR) is 145 cm³/mol. The first kappa shape index (κ1) is 27.2. The summed E-state index contributed by atoms with van der Waals surface area (Å²) in [4.78, 5) is 53.3. The molecular formula is C32H34O6. The lowest BCUT2D eigenvalue weighted by molar-refractivity contribution is -0.137. The summed E-state index contributed by atoms with van der Waals surface area (Å²) in [6.45, 7) is 4.19. The van der Waals surface area contributed by atoms with Crippen LogP contribution in [0.4, 0.5) is 0 Å². The van der Waals surface area contributed by atoms with Crippen LogP contribution in [0.5, 0.6) is 0 Å². The summed E-state index contributed by atoms with van der Waals surface area (Å²) in [6.07, 6.45) is 7.70. The van der Waals surface area contributed by atoms with Gasteiger partial charge in [0.05, 0.1) is 11.1 Å². The summed E-state index contributed by atoms with van der Waals surface area (Å²) in [5, 5.41) is 0. The van der Waals surface area contributed by atoms with Crippen LogP contribution in [0.15, 0.2) is 59.7 Å². The Morgan fingerprint density at radius 3 is 1.29 bits per heavy atom. The molecular weight excluding hydrogens is 480 g/mol. The molecule has 38 heavy (non-hydrogen) atoms. The van der Waals surface area contributed by atoms with Crippen molar-refractivity contribution >= 4 is 35.0 Å². The smallest absolute Gasteiger partial charge is 0.311 e. The Labute approximate surface area is 223 Å². The number of ketones is 2. The maximum absolute atomic E-state index is 13.8. The minimum Gasteiger partial charge on any atom is -0.425 e. The van der Waals surface area contributed by atoms with Gasteiger partial charge in [0, 0.05) is 35.1 Å². The van der Waals surface area contributed by atoms with E-state index in [-0.39, 0.29) is 35.5 Å². The molecule has 4 rings (SSSR count). The zero-order valence-electron chi connectivity index (χ0n) is 22.1. The van der Waals surface area contributed by atoms with E-state index in [4.69, 9.17) is 9.47 Å². The molecule has 6 nitrogen and oxygen atoms in total. The highest BCUT2D eigenvalue weighted by atomic mass is 16.5. The van der Waals surface area contributed by atoms with Crippen molar-refractivity contribution in [3.8, 4) is 0 Å². The second-order valence-corrected chi connectivity index (χ2v) is 9.73. The van der Waals surface area contributed by atoms with E-state index in [2.05, 4.69) is 13.8 Å². The Morgan fingerprint density at radius 1 is 0.553 bits per heavy atom. The molecule has 6 heteroatoms. The molecule has 0 N–H and O–H groups in total. The molecule has 2 aromatic carbocycles. The van der Waals surface area contributed by atoms with E-state index < -0.39 is 23.5 Å². The van der Waals surface area contributed by atoms with Gasteiger partial charge in [-0.2, -0.15) is 0 Å². The zero-order chi connectivity index (χ0) is 27.1. The maximum Gasteiger partial charge on any atom is 0.311 e. The molecule has 2 aliphatic rings. The summed E-state index contributed by atoms with van der Waals surface area (Å²) in [5.74, 6) is -1.70. The number of Topliss-reactive ketones (excluding diaryl/α,β-unsaturated/α-hetero) is 2. The predicted octanol–water partition coefficient (Wildman–Crippen LogP) is 7.23. The van der Waals surface area contributed by atoms with Gasteiger partial charge >= 0.3 is 11.9 Å². The number of carbonyl (C=O) groups excluding carboxylic acids is 4. The normalized spacial score (nSPS) is 14.2. The van der Waals surface area contributed by atoms with Gasteiger partial charge in [-0.3, -0.25) is 19.2 Å². The molecule has 0 unspecified atom stereocenters. The molecule has 0 bridgehead atoms. The van der Waals surface area contributed by atoms with Gasteiger partial charge in [-0.05, 0) is 12.8 Å². The topological polar surface area (TPSA) is 86.7 Å². The van der Waals surface area contributed by atoms with Crippen molar-refractivity contribution in [3.63, 3.8) is 0 Å². The Hall–Kier alpha value is -3.80. The number of allylic oxidation sites excluding steroid dienone is 2. The molecule has 0 spiro atoms.